The van der Waals surface area contributed by atoms with Crippen molar-refractivity contribution in [2.45, 2.75) is 114 Å². The van der Waals surface area contributed by atoms with Crippen LogP contribution in [-0.4, -0.2) is 76.1 Å². The van der Waals surface area contributed by atoms with Crippen LogP contribution < -0.4 is 20.6 Å². The highest BCUT2D eigenvalue weighted by molar-refractivity contribution is 7.91. The van der Waals surface area contributed by atoms with Crippen LogP contribution in [0.5, 0.6) is 0 Å². The number of likely N-dealkylation sites (tertiary alicyclic amines) is 1. The number of amides is 4. The molecule has 4 aromatic rings. The number of carbonyl (C=O) groups excluding carboxylic acids is 4. The molecule has 0 unspecified atom stereocenters. The quantitative estimate of drug-likeness (QED) is 0.0683. The Balaban J connectivity index is 0.000000370. The number of ether oxygens (including phenoxy) is 1. The Morgan fingerprint density at radius 3 is 2.55 bits per heavy atom. The van der Waals surface area contributed by atoms with Crippen LogP contribution >= 0.6 is 22.7 Å². The molecule has 3 heterocycles. The fourth-order valence-corrected chi connectivity index (χ4v) is 10.2. The molecule has 2 aliphatic carbocycles. The molecule has 14 nitrogen and oxygen atoms in total. The molecule has 3 fully saturated rings. The number of nitrogens with zero attached hydrogens (tertiary/aromatic N) is 2. The molecule has 0 spiro atoms. The van der Waals surface area contributed by atoms with Crippen LogP contribution in [0.1, 0.15) is 96.2 Å². The van der Waals surface area contributed by atoms with Gasteiger partial charge in [-0.2, -0.15) is 0 Å². The normalized spacial score (nSPS) is 19.9. The zero-order chi connectivity index (χ0) is 43.2. The molecule has 1 saturated heterocycles. The van der Waals surface area contributed by atoms with Gasteiger partial charge >= 0.3 is 11.0 Å². The predicted octanol–water partition coefficient (Wildman–Crippen LogP) is 7.62. The Morgan fingerprint density at radius 2 is 1.85 bits per heavy atom. The number of carbonyl (C=O) groups is 4. The van der Waals surface area contributed by atoms with E-state index in [-0.39, 0.29) is 26.9 Å². The lowest BCUT2D eigenvalue weighted by Gasteiger charge is -2.28. The molecule has 0 bridgehead atoms. The summed E-state index contributed by atoms with van der Waals surface area (Å²) in [6.45, 7) is 7.31. The van der Waals surface area contributed by atoms with E-state index < -0.39 is 50.4 Å². The highest BCUT2D eigenvalue weighted by Crippen LogP contribution is 2.44. The molecule has 3 aliphatic rings. The van der Waals surface area contributed by atoms with E-state index in [0.717, 1.165) is 51.3 Å². The first kappa shape index (κ1) is 44.7. The van der Waals surface area contributed by atoms with Crippen LogP contribution in [-0.2, 0) is 29.1 Å². The van der Waals surface area contributed by atoms with Crippen LogP contribution in [0.3, 0.4) is 0 Å². The van der Waals surface area contributed by atoms with Gasteiger partial charge in [0.15, 0.2) is 0 Å². The Kier molecular flexibility index (Phi) is 14.0. The van der Waals surface area contributed by atoms with E-state index in [1.165, 1.54) is 16.2 Å². The number of allylic oxidation sites excluding steroid dienone is 2. The predicted molar refractivity (Wildman–Crippen MR) is 241 cm³/mol. The number of thiazole rings is 2. The van der Waals surface area contributed by atoms with Gasteiger partial charge in [0.25, 0.3) is 0 Å². The molecule has 4 amide bonds. The van der Waals surface area contributed by atoms with E-state index in [4.69, 9.17) is 15.5 Å². The zero-order valence-electron chi connectivity index (χ0n) is 34.4. The molecule has 5 N–H and O–H groups in total. The number of rotatable bonds is 15. The smallest absolute Gasteiger partial charge is 0.408 e. The minimum absolute atomic E-state index is 0. The van der Waals surface area contributed by atoms with Crippen LogP contribution in [0.15, 0.2) is 70.9 Å². The van der Waals surface area contributed by atoms with Gasteiger partial charge in [0, 0.05) is 33.2 Å². The lowest BCUT2D eigenvalue weighted by Crippen LogP contribution is -2.53. The van der Waals surface area contributed by atoms with Crippen molar-refractivity contribution in [3.05, 3.63) is 75.7 Å². The second-order valence-corrected chi connectivity index (χ2v) is 20.9. The highest BCUT2D eigenvalue weighted by atomic mass is 32.2. The van der Waals surface area contributed by atoms with E-state index in [9.17, 15) is 32.4 Å². The molecular weight excluding hydrogens is 825 g/mol. The largest absolute Gasteiger partial charge is 0.444 e. The van der Waals surface area contributed by atoms with Gasteiger partial charge in [-0.3, -0.25) is 23.9 Å². The molecule has 2 saturated carbocycles. The van der Waals surface area contributed by atoms with Gasteiger partial charge in [-0.05, 0) is 91.0 Å². The number of H-pyrrole nitrogens is 1. The SMILES string of the molecule is CC(C)(C)OC(=O)N[C@@H](CCCCC/C=C\[C@@H]1C[C@@H]1C(=O)NS(=O)(=O)C1(C)CC1)C(=O)N1CCC[C@H]1C(N)=O.O=c1[nH]c2cccc(-c3nc(-c4ccccc4)cs3)c2s1.[HH].[HH].[HH]. The van der Waals surface area contributed by atoms with Crippen molar-refractivity contribution >= 4 is 66.7 Å². The number of fused-ring (bicyclic) bond motifs is 1. The van der Waals surface area contributed by atoms with Gasteiger partial charge < -0.3 is 25.7 Å². The van der Waals surface area contributed by atoms with Crippen LogP contribution in [0, 0.1) is 11.8 Å². The summed E-state index contributed by atoms with van der Waals surface area (Å²) in [5.41, 5.74) is 8.73. The average Bonchev–Trinajstić information content (AvgIpc) is 3.90. The number of hydrogen-bond acceptors (Lipinski definition) is 11. The third-order valence-corrected chi connectivity index (χ3v) is 14.8. The number of unbranched alkanes of at least 4 members (excludes halogenated alkanes) is 3. The Morgan fingerprint density at radius 1 is 1.10 bits per heavy atom. The van der Waals surface area contributed by atoms with Crippen molar-refractivity contribution in [3.8, 4) is 21.8 Å². The van der Waals surface area contributed by atoms with Gasteiger partial charge in [-0.25, -0.2) is 18.2 Å². The lowest BCUT2D eigenvalue weighted by molar-refractivity contribution is -0.139. The van der Waals surface area contributed by atoms with Crippen molar-refractivity contribution in [1.29, 1.82) is 0 Å². The molecule has 17 heteroatoms. The van der Waals surface area contributed by atoms with Crippen molar-refractivity contribution in [1.82, 2.24) is 24.9 Å². The molecule has 2 aromatic heterocycles. The topological polar surface area (TPSA) is 211 Å². The van der Waals surface area contributed by atoms with Crippen LogP contribution in [0.25, 0.3) is 32.0 Å². The second-order valence-electron chi connectivity index (χ2n) is 16.9. The average molecular weight is 885 g/mol. The fourth-order valence-electron chi connectivity index (χ4n) is 7.08. The maximum Gasteiger partial charge on any atom is 0.408 e. The lowest BCUT2D eigenvalue weighted by atomic mass is 10.0. The van der Waals surface area contributed by atoms with Gasteiger partial charge in [0.05, 0.1) is 20.7 Å². The maximum atomic E-state index is 13.2. The third kappa shape index (κ3) is 11.5. The molecule has 328 valence electrons. The van der Waals surface area contributed by atoms with Crippen molar-refractivity contribution in [2.24, 2.45) is 17.6 Å². The zero-order valence-corrected chi connectivity index (χ0v) is 36.9. The van der Waals surface area contributed by atoms with E-state index in [2.05, 4.69) is 20.4 Å². The number of aromatic amines is 1. The van der Waals surface area contributed by atoms with E-state index in [0.29, 0.717) is 51.5 Å². The van der Waals surface area contributed by atoms with E-state index in [1.54, 1.807) is 39.0 Å². The van der Waals surface area contributed by atoms with Gasteiger partial charge in [-0.1, -0.05) is 78.8 Å². The first-order valence-electron chi connectivity index (χ1n) is 20.4. The van der Waals surface area contributed by atoms with Gasteiger partial charge in [-0.15, -0.1) is 11.3 Å². The summed E-state index contributed by atoms with van der Waals surface area (Å²) < 4.78 is 32.2. The number of aromatic nitrogens is 2. The molecule has 1 aliphatic heterocycles. The summed E-state index contributed by atoms with van der Waals surface area (Å²) in [5.74, 6) is -1.51. The third-order valence-electron chi connectivity index (χ3n) is 10.9. The summed E-state index contributed by atoms with van der Waals surface area (Å²) >= 11 is 2.84. The Bertz CT molecular complexity index is 2400. The van der Waals surface area contributed by atoms with Gasteiger partial charge in [0.1, 0.15) is 22.7 Å². The van der Waals surface area contributed by atoms with Crippen molar-refractivity contribution < 1.29 is 36.6 Å². The first-order valence-corrected chi connectivity index (χ1v) is 23.6. The first-order chi connectivity index (χ1) is 28.4. The van der Waals surface area contributed by atoms with Gasteiger partial charge in [0.2, 0.25) is 27.7 Å². The summed E-state index contributed by atoms with van der Waals surface area (Å²) in [7, 11) is -3.60. The number of nitrogens with one attached hydrogen (secondary N) is 3. The number of nitrogens with two attached hydrogens (primary N) is 1. The minimum atomic E-state index is -3.60. The Hall–Kier alpha value is -4.87. The van der Waals surface area contributed by atoms with Crippen LogP contribution in [0.2, 0.25) is 0 Å². The standard InChI is InChI=1S/C27H44N4O7S.C16H10N2OS2.3H2/c1-26(2,3)38-25(35)29-20(24(34)31-16-10-13-21(31)22(28)32)12-9-7-5-6-8-11-18-17-19(18)23(33)30-39(36,37)27(4)14-15-27;19-16-18-12-8-4-7-11(14(12)21-16)15-17-13(9-20-15)10-5-2-1-3-6-10;;;/h8,11,18-21H,5-7,9-10,12-17H2,1-4H3,(H2,28,32)(H,29,35)(H,30,33);1-9H,(H,18,19);3*1H/b11-8-;;;;/t18-,19+,20+,21+;;;;/m1..../s1. The highest BCUT2D eigenvalue weighted by Gasteiger charge is 2.52. The Labute approximate surface area is 362 Å². The fraction of sp³-hybridized carbons (Fsp3) is 0.488. The number of primary amides is 1. The maximum absolute atomic E-state index is 13.2. The molecule has 2 aromatic carbocycles. The summed E-state index contributed by atoms with van der Waals surface area (Å²) in [6.07, 6.45) is 9.87. The van der Waals surface area contributed by atoms with E-state index >= 15 is 0 Å². The summed E-state index contributed by atoms with van der Waals surface area (Å²) in [4.78, 5) is 70.2. The van der Waals surface area contributed by atoms with Crippen molar-refractivity contribution in [2.75, 3.05) is 6.54 Å². The van der Waals surface area contributed by atoms with Crippen molar-refractivity contribution in [3.63, 3.8) is 0 Å². The number of alkyl carbamates (subject to hydrolysis) is 1. The summed E-state index contributed by atoms with van der Waals surface area (Å²) in [5, 5.41) is 5.67. The number of hydrogen-bond donors (Lipinski definition) is 4. The molecule has 4 atom stereocenters. The number of benzene rings is 2. The molecule has 60 heavy (non-hydrogen) atoms. The number of sulfonamides is 1. The molecular formula is C43H60N6O8S3. The monoisotopic (exact) mass is 884 g/mol. The second kappa shape index (κ2) is 18.8. The minimum Gasteiger partial charge on any atom is -0.444 e. The molecule has 7 rings (SSSR count). The molecule has 0 radical (unpaired) electrons. The van der Waals surface area contributed by atoms with E-state index in [1.807, 2.05) is 60.7 Å². The summed E-state index contributed by atoms with van der Waals surface area (Å²) in [6, 6.07) is 14.5. The van der Waals surface area contributed by atoms with Crippen LogP contribution in [0.4, 0.5) is 4.79 Å².